The number of methoxy groups -OCH3 is 1. The molecular formula is C17H26N4O4S. The van der Waals surface area contributed by atoms with Crippen LogP contribution in [0.1, 0.15) is 31.1 Å². The molecule has 0 aliphatic carbocycles. The number of aromatic nitrogens is 2. The van der Waals surface area contributed by atoms with Crippen molar-refractivity contribution >= 4 is 30.0 Å². The molecule has 1 amide bonds. The van der Waals surface area contributed by atoms with E-state index in [0.717, 1.165) is 6.29 Å². The number of likely N-dealkylation sites (tertiary alicyclic amines) is 1. The first-order valence-corrected chi connectivity index (χ1v) is 9.60. The van der Waals surface area contributed by atoms with Crippen molar-refractivity contribution in [2.75, 3.05) is 38.3 Å². The lowest BCUT2D eigenvalue weighted by Gasteiger charge is -2.24. The van der Waals surface area contributed by atoms with Gasteiger partial charge in [-0.25, -0.2) is 14.8 Å². The van der Waals surface area contributed by atoms with Gasteiger partial charge in [-0.05, 0) is 27.0 Å². The van der Waals surface area contributed by atoms with Gasteiger partial charge in [-0.1, -0.05) is 11.8 Å². The van der Waals surface area contributed by atoms with Crippen LogP contribution < -0.4 is 5.32 Å². The van der Waals surface area contributed by atoms with Crippen molar-refractivity contribution in [1.82, 2.24) is 14.9 Å². The summed E-state index contributed by atoms with van der Waals surface area (Å²) in [6.07, 6.45) is 3.64. The Morgan fingerprint density at radius 1 is 1.46 bits per heavy atom. The second-order valence-corrected chi connectivity index (χ2v) is 7.85. The van der Waals surface area contributed by atoms with Crippen molar-refractivity contribution in [2.45, 2.75) is 37.6 Å². The van der Waals surface area contributed by atoms with Crippen LogP contribution in [-0.2, 0) is 9.47 Å². The maximum absolute atomic E-state index is 12.3. The zero-order valence-electron chi connectivity index (χ0n) is 15.8. The average molecular weight is 382 g/mol. The Labute approximate surface area is 158 Å². The third kappa shape index (κ3) is 5.31. The molecule has 0 bridgehead atoms. The molecule has 1 aromatic rings. The van der Waals surface area contributed by atoms with Crippen LogP contribution in [0.2, 0.25) is 0 Å². The summed E-state index contributed by atoms with van der Waals surface area (Å²) in [6.45, 7) is 7.02. The Morgan fingerprint density at radius 3 is 2.77 bits per heavy atom. The second-order valence-electron chi connectivity index (χ2n) is 7.08. The van der Waals surface area contributed by atoms with Gasteiger partial charge in [-0.3, -0.25) is 4.79 Å². The number of nitrogens with one attached hydrogen (secondary N) is 1. The van der Waals surface area contributed by atoms with Gasteiger partial charge in [-0.15, -0.1) is 0 Å². The molecule has 2 heterocycles. The van der Waals surface area contributed by atoms with E-state index in [4.69, 9.17) is 9.47 Å². The van der Waals surface area contributed by atoms with E-state index in [1.54, 1.807) is 12.0 Å². The highest BCUT2D eigenvalue weighted by atomic mass is 32.2. The SMILES string of the molecule is CO[C@H]1CN(C(=O)OC(C)(C)C)C[C@@H]1CNc1nc(SC)ncc1C=O. The van der Waals surface area contributed by atoms with Crippen LogP contribution in [0.4, 0.5) is 10.6 Å². The molecule has 26 heavy (non-hydrogen) atoms. The van der Waals surface area contributed by atoms with Gasteiger partial charge in [-0.2, -0.15) is 0 Å². The van der Waals surface area contributed by atoms with Crippen LogP contribution in [0, 0.1) is 5.92 Å². The molecule has 2 atom stereocenters. The Kier molecular flexibility index (Phi) is 6.82. The first kappa shape index (κ1) is 20.4. The van der Waals surface area contributed by atoms with Crippen molar-refractivity contribution in [1.29, 1.82) is 0 Å². The lowest BCUT2D eigenvalue weighted by molar-refractivity contribution is 0.0251. The fourth-order valence-corrected chi connectivity index (χ4v) is 3.05. The normalized spacial score (nSPS) is 20.1. The molecule has 0 spiro atoms. The van der Waals surface area contributed by atoms with Gasteiger partial charge >= 0.3 is 6.09 Å². The molecule has 1 aliphatic rings. The van der Waals surface area contributed by atoms with Crippen LogP contribution in [0.15, 0.2) is 11.4 Å². The predicted octanol–water partition coefficient (Wildman–Crippen LogP) is 2.30. The van der Waals surface area contributed by atoms with Gasteiger partial charge in [0.15, 0.2) is 11.4 Å². The molecule has 1 aliphatic heterocycles. The smallest absolute Gasteiger partial charge is 0.410 e. The molecule has 144 valence electrons. The minimum Gasteiger partial charge on any atom is -0.444 e. The van der Waals surface area contributed by atoms with E-state index in [-0.39, 0.29) is 18.1 Å². The predicted molar refractivity (Wildman–Crippen MR) is 99.8 cm³/mol. The van der Waals surface area contributed by atoms with Crippen molar-refractivity contribution < 1.29 is 19.1 Å². The Bertz CT molecular complexity index is 650. The van der Waals surface area contributed by atoms with Gasteiger partial charge in [0.05, 0.1) is 18.2 Å². The van der Waals surface area contributed by atoms with E-state index in [1.807, 2.05) is 27.0 Å². The molecule has 0 saturated carbocycles. The summed E-state index contributed by atoms with van der Waals surface area (Å²) >= 11 is 1.40. The number of thioether (sulfide) groups is 1. The maximum Gasteiger partial charge on any atom is 0.410 e. The number of anilines is 1. The Balaban J connectivity index is 2.02. The average Bonchev–Trinajstić information content (AvgIpc) is 3.01. The van der Waals surface area contributed by atoms with E-state index in [2.05, 4.69) is 15.3 Å². The molecule has 9 heteroatoms. The quantitative estimate of drug-likeness (QED) is 0.455. The van der Waals surface area contributed by atoms with Gasteiger partial charge < -0.3 is 19.7 Å². The second kappa shape index (κ2) is 8.68. The highest BCUT2D eigenvalue weighted by Gasteiger charge is 2.37. The fraction of sp³-hybridized carbons (Fsp3) is 0.647. The molecule has 0 aromatic carbocycles. The lowest BCUT2D eigenvalue weighted by Crippen LogP contribution is -2.36. The fourth-order valence-electron chi connectivity index (χ4n) is 2.71. The van der Waals surface area contributed by atoms with Crippen molar-refractivity contribution in [3.8, 4) is 0 Å². The number of ether oxygens (including phenoxy) is 2. The van der Waals surface area contributed by atoms with Crippen LogP contribution in [0.25, 0.3) is 0 Å². The summed E-state index contributed by atoms with van der Waals surface area (Å²) in [5, 5.41) is 3.78. The molecule has 1 saturated heterocycles. The summed E-state index contributed by atoms with van der Waals surface area (Å²) in [7, 11) is 1.63. The minimum atomic E-state index is -0.538. The summed E-state index contributed by atoms with van der Waals surface area (Å²) < 4.78 is 11.0. The lowest BCUT2D eigenvalue weighted by atomic mass is 10.1. The maximum atomic E-state index is 12.3. The van der Waals surface area contributed by atoms with Gasteiger partial charge in [0.1, 0.15) is 11.4 Å². The number of amides is 1. The van der Waals surface area contributed by atoms with E-state index >= 15 is 0 Å². The highest BCUT2D eigenvalue weighted by molar-refractivity contribution is 7.98. The van der Waals surface area contributed by atoms with Crippen LogP contribution >= 0.6 is 11.8 Å². The van der Waals surface area contributed by atoms with Crippen molar-refractivity contribution in [2.24, 2.45) is 5.92 Å². The Hall–Kier alpha value is -1.87. The van der Waals surface area contributed by atoms with Crippen LogP contribution in [-0.4, -0.2) is 72.0 Å². The standard InChI is InChI=1S/C17H26N4O4S/c1-17(2,3)25-16(23)21-8-11(13(9-21)24-4)6-18-14-12(10-22)7-19-15(20-14)26-5/h7,10-11,13H,6,8-9H2,1-5H3,(H,18,19,20)/t11-,13-/m0/s1. The minimum absolute atomic E-state index is 0.0553. The molecule has 1 N–H and O–H groups in total. The summed E-state index contributed by atoms with van der Waals surface area (Å²) in [6, 6.07) is 0. The zero-order valence-corrected chi connectivity index (χ0v) is 16.6. The molecule has 0 unspecified atom stereocenters. The van der Waals surface area contributed by atoms with Gasteiger partial charge in [0.25, 0.3) is 0 Å². The molecule has 2 rings (SSSR count). The molecule has 8 nitrogen and oxygen atoms in total. The number of rotatable bonds is 6. The van der Waals surface area contributed by atoms with Crippen LogP contribution in [0.3, 0.4) is 0 Å². The molecule has 1 aromatic heterocycles. The van der Waals surface area contributed by atoms with E-state index in [9.17, 15) is 9.59 Å². The highest BCUT2D eigenvalue weighted by Crippen LogP contribution is 2.23. The largest absolute Gasteiger partial charge is 0.444 e. The molecular weight excluding hydrogens is 356 g/mol. The summed E-state index contributed by atoms with van der Waals surface area (Å²) in [5.41, 5.74) is -0.136. The van der Waals surface area contributed by atoms with Crippen LogP contribution in [0.5, 0.6) is 0 Å². The monoisotopic (exact) mass is 382 g/mol. The van der Waals surface area contributed by atoms with E-state index in [1.165, 1.54) is 18.0 Å². The molecule has 1 fully saturated rings. The molecule has 0 radical (unpaired) electrons. The number of hydrogen-bond donors (Lipinski definition) is 1. The number of nitrogens with zero attached hydrogens (tertiary/aromatic N) is 3. The Morgan fingerprint density at radius 2 is 2.19 bits per heavy atom. The van der Waals surface area contributed by atoms with E-state index < -0.39 is 5.60 Å². The number of hydrogen-bond acceptors (Lipinski definition) is 8. The summed E-state index contributed by atoms with van der Waals surface area (Å²) in [5.74, 6) is 0.546. The van der Waals surface area contributed by atoms with Gasteiger partial charge in [0.2, 0.25) is 0 Å². The third-order valence-corrected chi connectivity index (χ3v) is 4.53. The first-order chi connectivity index (χ1) is 12.3. The number of aldehydes is 1. The van der Waals surface area contributed by atoms with E-state index in [0.29, 0.717) is 36.2 Å². The first-order valence-electron chi connectivity index (χ1n) is 8.38. The zero-order chi connectivity index (χ0) is 19.3. The third-order valence-electron chi connectivity index (χ3n) is 3.97. The number of carbonyl (C=O) groups is 2. The number of carbonyl (C=O) groups excluding carboxylic acids is 2. The van der Waals surface area contributed by atoms with Crippen molar-refractivity contribution in [3.63, 3.8) is 0 Å². The summed E-state index contributed by atoms with van der Waals surface area (Å²) in [4.78, 5) is 33.6. The van der Waals surface area contributed by atoms with Gasteiger partial charge in [0, 0.05) is 32.3 Å². The van der Waals surface area contributed by atoms with Crippen molar-refractivity contribution in [3.05, 3.63) is 11.8 Å². The topological polar surface area (TPSA) is 93.7 Å².